The zero-order valence-corrected chi connectivity index (χ0v) is 21.6. The number of hydrogen-bond acceptors (Lipinski definition) is 5. The van der Waals surface area contributed by atoms with Crippen LogP contribution in [0.1, 0.15) is 62.5 Å². The molecule has 9 nitrogen and oxygen atoms in total. The van der Waals surface area contributed by atoms with E-state index in [1.54, 1.807) is 9.42 Å². The second kappa shape index (κ2) is 9.80. The number of aromatic carboxylic acids is 1. The minimum atomic E-state index is -1.11. The third-order valence-corrected chi connectivity index (χ3v) is 7.16. The van der Waals surface area contributed by atoms with E-state index in [1.165, 1.54) is 10.9 Å². The van der Waals surface area contributed by atoms with Gasteiger partial charge in [0.2, 0.25) is 5.91 Å². The summed E-state index contributed by atoms with van der Waals surface area (Å²) < 4.78 is 3.27. The van der Waals surface area contributed by atoms with Gasteiger partial charge in [-0.15, -0.1) is 5.10 Å². The predicted octanol–water partition coefficient (Wildman–Crippen LogP) is 5.16. The lowest BCUT2D eigenvalue weighted by Gasteiger charge is -2.32. The SMILES string of the molecule is Cc1ccn2nc(-c3ccc(-n4cc(C(=O)O)c(N(C(=O)[C@H]5CC[C@H](C)CC5)C(C)C)n4)cc3)cc2n1. The molecule has 9 heteroatoms. The van der Waals surface area contributed by atoms with Crippen LogP contribution < -0.4 is 4.90 Å². The van der Waals surface area contributed by atoms with Crippen LogP contribution >= 0.6 is 0 Å². The number of carbonyl (C=O) groups excluding carboxylic acids is 1. The molecule has 0 saturated heterocycles. The molecule has 3 aromatic heterocycles. The molecule has 1 aliphatic carbocycles. The number of fused-ring (bicyclic) bond motifs is 1. The number of anilines is 1. The molecule has 0 radical (unpaired) electrons. The van der Waals surface area contributed by atoms with E-state index < -0.39 is 5.97 Å². The summed E-state index contributed by atoms with van der Waals surface area (Å²) in [6, 6.07) is 11.2. The average molecular weight is 501 g/mol. The Morgan fingerprint density at radius 1 is 1.05 bits per heavy atom. The van der Waals surface area contributed by atoms with E-state index in [0.717, 1.165) is 48.3 Å². The molecule has 37 heavy (non-hydrogen) atoms. The van der Waals surface area contributed by atoms with Crippen molar-refractivity contribution in [2.75, 3.05) is 4.90 Å². The van der Waals surface area contributed by atoms with Gasteiger partial charge in [0, 0.05) is 41.7 Å². The second-order valence-corrected chi connectivity index (χ2v) is 10.3. The number of benzene rings is 1. The van der Waals surface area contributed by atoms with Gasteiger partial charge >= 0.3 is 5.97 Å². The lowest BCUT2D eigenvalue weighted by molar-refractivity contribution is -0.124. The fraction of sp³-hybridized carbons (Fsp3) is 0.393. The van der Waals surface area contributed by atoms with Gasteiger partial charge in [-0.25, -0.2) is 19.0 Å². The molecule has 1 saturated carbocycles. The van der Waals surface area contributed by atoms with Crippen LogP contribution in [0.4, 0.5) is 5.82 Å². The molecule has 1 amide bonds. The van der Waals surface area contributed by atoms with Crippen molar-refractivity contribution in [1.82, 2.24) is 24.4 Å². The Kier molecular flexibility index (Phi) is 6.54. The number of amides is 1. The molecule has 0 atom stereocenters. The fourth-order valence-electron chi connectivity index (χ4n) is 5.03. The molecule has 1 fully saturated rings. The molecule has 192 valence electrons. The number of nitrogens with zero attached hydrogens (tertiary/aromatic N) is 6. The number of aromatic nitrogens is 5. The average Bonchev–Trinajstić information content (AvgIpc) is 3.49. The Bertz CT molecular complexity index is 1440. The van der Waals surface area contributed by atoms with Crippen molar-refractivity contribution in [2.45, 2.75) is 59.4 Å². The van der Waals surface area contributed by atoms with E-state index >= 15 is 0 Å². The molecule has 1 N–H and O–H groups in total. The summed E-state index contributed by atoms with van der Waals surface area (Å²) in [5.74, 6) is -0.443. The van der Waals surface area contributed by atoms with Gasteiger partial charge in [-0.3, -0.25) is 9.69 Å². The summed E-state index contributed by atoms with van der Waals surface area (Å²) >= 11 is 0. The molecule has 5 rings (SSSR count). The summed E-state index contributed by atoms with van der Waals surface area (Å²) in [5, 5.41) is 19.2. The van der Waals surface area contributed by atoms with Crippen molar-refractivity contribution in [3.8, 4) is 16.9 Å². The van der Waals surface area contributed by atoms with E-state index in [-0.39, 0.29) is 29.2 Å². The van der Waals surface area contributed by atoms with Crippen molar-refractivity contribution in [2.24, 2.45) is 11.8 Å². The molecule has 4 aromatic rings. The molecule has 0 spiro atoms. The normalized spacial score (nSPS) is 17.9. The topological polar surface area (TPSA) is 106 Å². The number of aryl methyl sites for hydroxylation is 1. The maximum absolute atomic E-state index is 13.5. The number of hydrogen-bond donors (Lipinski definition) is 1. The minimum Gasteiger partial charge on any atom is -0.477 e. The van der Waals surface area contributed by atoms with Crippen LogP contribution in [0.15, 0.2) is 48.8 Å². The quantitative estimate of drug-likeness (QED) is 0.392. The van der Waals surface area contributed by atoms with Crippen molar-refractivity contribution >= 4 is 23.3 Å². The van der Waals surface area contributed by atoms with Gasteiger partial charge in [-0.2, -0.15) is 5.10 Å². The first-order valence-corrected chi connectivity index (χ1v) is 12.8. The van der Waals surface area contributed by atoms with E-state index in [1.807, 2.05) is 63.4 Å². The second-order valence-electron chi connectivity index (χ2n) is 10.3. The van der Waals surface area contributed by atoms with E-state index in [2.05, 4.69) is 22.1 Å². The smallest absolute Gasteiger partial charge is 0.341 e. The standard InChI is InChI=1S/C28H32N6O3/c1-17(2)34(27(35)21-7-5-18(3)6-8-21)26-23(28(36)37)16-33(31-26)22-11-9-20(10-12-22)24-15-25-29-19(4)13-14-32(25)30-24/h9-18,21H,5-8H2,1-4H3,(H,36,37)/t18-,21-. The summed E-state index contributed by atoms with van der Waals surface area (Å²) in [7, 11) is 0. The number of carboxylic acid groups (broad SMARTS) is 1. The van der Waals surface area contributed by atoms with E-state index in [0.29, 0.717) is 11.6 Å². The highest BCUT2D eigenvalue weighted by atomic mass is 16.4. The van der Waals surface area contributed by atoms with Crippen LogP contribution in [0.2, 0.25) is 0 Å². The van der Waals surface area contributed by atoms with Crippen molar-refractivity contribution in [3.05, 3.63) is 60.0 Å². The molecule has 0 bridgehead atoms. The summed E-state index contributed by atoms with van der Waals surface area (Å²) in [6.07, 6.45) is 7.03. The van der Waals surface area contributed by atoms with Crippen LogP contribution in [0.5, 0.6) is 0 Å². The molecule has 0 unspecified atom stereocenters. The molecular weight excluding hydrogens is 468 g/mol. The third-order valence-electron chi connectivity index (χ3n) is 7.16. The Balaban J connectivity index is 1.46. The summed E-state index contributed by atoms with van der Waals surface area (Å²) in [6.45, 7) is 7.94. The highest BCUT2D eigenvalue weighted by Gasteiger charge is 2.34. The first kappa shape index (κ1) is 24.7. The van der Waals surface area contributed by atoms with Crippen molar-refractivity contribution in [1.29, 1.82) is 0 Å². The zero-order chi connectivity index (χ0) is 26.3. The first-order chi connectivity index (χ1) is 17.7. The maximum Gasteiger partial charge on any atom is 0.341 e. The minimum absolute atomic E-state index is 0.0112. The Labute approximate surface area is 215 Å². The number of rotatable bonds is 6. The van der Waals surface area contributed by atoms with Gasteiger partial charge in [0.15, 0.2) is 11.5 Å². The van der Waals surface area contributed by atoms with Gasteiger partial charge in [0.1, 0.15) is 5.56 Å². The maximum atomic E-state index is 13.5. The van der Waals surface area contributed by atoms with Crippen LogP contribution in [-0.2, 0) is 4.79 Å². The molecule has 1 aliphatic rings. The Hall–Kier alpha value is -4.01. The van der Waals surface area contributed by atoms with Gasteiger partial charge in [-0.05, 0) is 70.6 Å². The Morgan fingerprint density at radius 2 is 1.76 bits per heavy atom. The van der Waals surface area contributed by atoms with Gasteiger partial charge in [0.05, 0.1) is 11.4 Å². The fourth-order valence-corrected chi connectivity index (χ4v) is 5.03. The lowest BCUT2D eigenvalue weighted by Crippen LogP contribution is -2.43. The van der Waals surface area contributed by atoms with Crippen molar-refractivity contribution < 1.29 is 14.7 Å². The first-order valence-electron chi connectivity index (χ1n) is 12.8. The third kappa shape index (κ3) is 4.85. The zero-order valence-electron chi connectivity index (χ0n) is 21.6. The largest absolute Gasteiger partial charge is 0.477 e. The molecule has 3 heterocycles. The lowest BCUT2D eigenvalue weighted by atomic mass is 9.82. The van der Waals surface area contributed by atoms with E-state index in [4.69, 9.17) is 0 Å². The Morgan fingerprint density at radius 3 is 2.41 bits per heavy atom. The van der Waals surface area contributed by atoms with Crippen LogP contribution in [0, 0.1) is 18.8 Å². The van der Waals surface area contributed by atoms with Crippen molar-refractivity contribution in [3.63, 3.8) is 0 Å². The van der Waals surface area contributed by atoms with Gasteiger partial charge in [0.25, 0.3) is 0 Å². The van der Waals surface area contributed by atoms with Gasteiger partial charge < -0.3 is 5.11 Å². The van der Waals surface area contributed by atoms with Crippen LogP contribution in [0.25, 0.3) is 22.6 Å². The van der Waals surface area contributed by atoms with Gasteiger partial charge in [-0.1, -0.05) is 19.1 Å². The van der Waals surface area contributed by atoms with Crippen LogP contribution in [0.3, 0.4) is 0 Å². The molecular formula is C28H32N6O3. The molecule has 1 aromatic carbocycles. The molecule has 0 aliphatic heterocycles. The van der Waals surface area contributed by atoms with E-state index in [9.17, 15) is 14.7 Å². The number of carboxylic acids is 1. The summed E-state index contributed by atoms with van der Waals surface area (Å²) in [4.78, 5) is 31.8. The highest BCUT2D eigenvalue weighted by Crippen LogP contribution is 2.33. The van der Waals surface area contributed by atoms with Crippen LogP contribution in [-0.4, -0.2) is 47.4 Å². The monoisotopic (exact) mass is 500 g/mol. The summed E-state index contributed by atoms with van der Waals surface area (Å²) in [5.41, 5.74) is 4.09. The highest BCUT2D eigenvalue weighted by molar-refractivity contribution is 6.01. The predicted molar refractivity (Wildman–Crippen MR) is 141 cm³/mol. The number of carbonyl (C=O) groups is 2.